The molecule has 0 bridgehead atoms. The quantitative estimate of drug-likeness (QED) is 0.757. The van der Waals surface area contributed by atoms with Crippen LogP contribution in [0.5, 0.6) is 0 Å². The molecular weight excluding hydrogens is 423 g/mol. The second-order valence-electron chi connectivity index (χ2n) is 7.96. The maximum atomic E-state index is 13.4. The second kappa shape index (κ2) is 9.72. The van der Waals surface area contributed by atoms with Gasteiger partial charge in [0.1, 0.15) is 11.6 Å². The molecule has 32 heavy (non-hydrogen) atoms. The molecule has 10 heteroatoms. The van der Waals surface area contributed by atoms with Crippen LogP contribution >= 0.6 is 0 Å². The normalized spacial score (nSPS) is 19.7. The first-order valence-electron chi connectivity index (χ1n) is 10.7. The molecule has 2 aromatic heterocycles. The van der Waals surface area contributed by atoms with Crippen molar-refractivity contribution in [3.05, 3.63) is 47.8 Å². The number of alkyl halides is 3. The van der Waals surface area contributed by atoms with Crippen LogP contribution in [-0.4, -0.2) is 55.3 Å². The topological polar surface area (TPSA) is 70.6 Å². The smallest absolute Gasteiger partial charge is 0.378 e. The summed E-state index contributed by atoms with van der Waals surface area (Å²) in [7, 11) is 0. The summed E-state index contributed by atoms with van der Waals surface area (Å²) < 4.78 is 45.6. The predicted octanol–water partition coefficient (Wildman–Crippen LogP) is 2.86. The van der Waals surface area contributed by atoms with Crippen LogP contribution in [0.2, 0.25) is 0 Å². The maximum absolute atomic E-state index is 13.4. The van der Waals surface area contributed by atoms with E-state index >= 15 is 0 Å². The summed E-state index contributed by atoms with van der Waals surface area (Å²) in [6.07, 6.45) is -0.170. The summed E-state index contributed by atoms with van der Waals surface area (Å²) in [6.45, 7) is 3.69. The lowest BCUT2D eigenvalue weighted by Gasteiger charge is -2.34. The minimum absolute atomic E-state index is 0.112. The molecule has 1 N–H and O–H groups in total. The fraction of sp³-hybridized carbons (Fsp3) is 0.500. The van der Waals surface area contributed by atoms with E-state index in [1.54, 1.807) is 11.1 Å². The van der Waals surface area contributed by atoms with Crippen LogP contribution in [-0.2, 0) is 22.3 Å². The highest BCUT2D eigenvalue weighted by atomic mass is 19.4. The average Bonchev–Trinajstić information content (AvgIpc) is 2.83. The van der Waals surface area contributed by atoms with E-state index in [4.69, 9.17) is 4.74 Å². The van der Waals surface area contributed by atoms with Crippen LogP contribution in [0.25, 0.3) is 0 Å². The highest BCUT2D eigenvalue weighted by Crippen LogP contribution is 2.36. The Morgan fingerprint density at radius 1 is 1.06 bits per heavy atom. The Morgan fingerprint density at radius 3 is 2.53 bits per heavy atom. The summed E-state index contributed by atoms with van der Waals surface area (Å²) >= 11 is 0. The number of rotatable bonds is 5. The summed E-state index contributed by atoms with van der Waals surface area (Å²) in [6, 6.07) is 6.06. The number of ether oxygens (including phenoxy) is 1. The number of nitrogens with zero attached hydrogens (tertiary/aromatic N) is 4. The minimum Gasteiger partial charge on any atom is -0.378 e. The van der Waals surface area contributed by atoms with Crippen molar-refractivity contribution in [2.45, 2.75) is 25.6 Å². The standard InChI is InChI=1S/C22H26F3N5O2/c23-22(24,25)18-6-2-8-27-20(18)30-9-3-5-17(15-30)21(31)28-14-16-4-1-7-26-19(16)29-10-12-32-13-11-29/h1-2,4,6-8,17H,3,5,9-15H2,(H,28,31)/t17-/m1/s1. The molecule has 172 valence electrons. The van der Waals surface area contributed by atoms with Gasteiger partial charge in [-0.1, -0.05) is 6.07 Å². The number of carbonyl (C=O) groups is 1. The van der Waals surface area contributed by atoms with Crippen LogP contribution in [0.3, 0.4) is 0 Å². The maximum Gasteiger partial charge on any atom is 0.419 e. The third-order valence-electron chi connectivity index (χ3n) is 5.81. The molecule has 7 nitrogen and oxygen atoms in total. The molecule has 0 aromatic carbocycles. The van der Waals surface area contributed by atoms with E-state index in [0.29, 0.717) is 39.1 Å². The number of morpholine rings is 1. The van der Waals surface area contributed by atoms with Gasteiger partial charge in [-0.3, -0.25) is 4.79 Å². The van der Waals surface area contributed by atoms with Gasteiger partial charge in [-0.15, -0.1) is 0 Å². The lowest BCUT2D eigenvalue weighted by molar-refractivity contribution is -0.137. The predicted molar refractivity (Wildman–Crippen MR) is 113 cm³/mol. The van der Waals surface area contributed by atoms with E-state index in [-0.39, 0.29) is 18.3 Å². The van der Waals surface area contributed by atoms with Gasteiger partial charge in [0.25, 0.3) is 0 Å². The molecular formula is C22H26F3N5O2. The molecule has 0 spiro atoms. The number of anilines is 2. The Hall–Kier alpha value is -2.88. The zero-order valence-electron chi connectivity index (χ0n) is 17.6. The van der Waals surface area contributed by atoms with Crippen molar-refractivity contribution in [2.24, 2.45) is 5.92 Å². The zero-order chi connectivity index (χ0) is 22.6. The molecule has 1 amide bonds. The van der Waals surface area contributed by atoms with Crippen LogP contribution in [0.15, 0.2) is 36.7 Å². The lowest BCUT2D eigenvalue weighted by Crippen LogP contribution is -2.44. The molecule has 0 saturated carbocycles. The van der Waals surface area contributed by atoms with Crippen LogP contribution in [0.4, 0.5) is 24.8 Å². The van der Waals surface area contributed by atoms with Gasteiger partial charge in [-0.2, -0.15) is 13.2 Å². The average molecular weight is 449 g/mol. The monoisotopic (exact) mass is 449 g/mol. The Labute approximate surface area is 184 Å². The highest BCUT2D eigenvalue weighted by molar-refractivity contribution is 5.79. The Bertz CT molecular complexity index is 934. The molecule has 2 aliphatic heterocycles. The summed E-state index contributed by atoms with van der Waals surface area (Å²) in [5.74, 6) is 0.135. The van der Waals surface area contributed by atoms with Crippen LogP contribution in [0, 0.1) is 5.92 Å². The summed E-state index contributed by atoms with van der Waals surface area (Å²) in [5, 5.41) is 2.96. The second-order valence-corrected chi connectivity index (χ2v) is 7.96. The minimum atomic E-state index is -4.49. The van der Waals surface area contributed by atoms with E-state index in [2.05, 4.69) is 20.2 Å². The summed E-state index contributed by atoms with van der Waals surface area (Å²) in [4.78, 5) is 25.0. The van der Waals surface area contributed by atoms with E-state index in [9.17, 15) is 18.0 Å². The van der Waals surface area contributed by atoms with Gasteiger partial charge in [-0.05, 0) is 31.0 Å². The van der Waals surface area contributed by atoms with E-state index < -0.39 is 17.7 Å². The number of piperidine rings is 1. The molecule has 0 unspecified atom stereocenters. The molecule has 2 aliphatic rings. The third-order valence-corrected chi connectivity index (χ3v) is 5.81. The Balaban J connectivity index is 1.41. The Morgan fingerprint density at radius 2 is 1.78 bits per heavy atom. The fourth-order valence-corrected chi connectivity index (χ4v) is 4.21. The molecule has 4 heterocycles. The van der Waals surface area contributed by atoms with Gasteiger partial charge >= 0.3 is 6.18 Å². The van der Waals surface area contributed by atoms with Gasteiger partial charge in [-0.25, -0.2) is 9.97 Å². The number of pyridine rings is 2. The number of aromatic nitrogens is 2. The van der Waals surface area contributed by atoms with E-state index in [1.165, 1.54) is 12.3 Å². The van der Waals surface area contributed by atoms with E-state index in [1.807, 2.05) is 12.1 Å². The van der Waals surface area contributed by atoms with Crippen molar-refractivity contribution >= 4 is 17.5 Å². The van der Waals surface area contributed by atoms with Crippen LogP contribution in [0.1, 0.15) is 24.0 Å². The van der Waals surface area contributed by atoms with Gasteiger partial charge < -0.3 is 19.9 Å². The van der Waals surface area contributed by atoms with Crippen molar-refractivity contribution in [3.63, 3.8) is 0 Å². The van der Waals surface area contributed by atoms with E-state index in [0.717, 1.165) is 30.5 Å². The van der Waals surface area contributed by atoms with Gasteiger partial charge in [0.15, 0.2) is 0 Å². The van der Waals surface area contributed by atoms with Crippen LogP contribution < -0.4 is 15.1 Å². The molecule has 4 rings (SSSR count). The number of carbonyl (C=O) groups excluding carboxylic acids is 1. The SMILES string of the molecule is O=C(NCc1cccnc1N1CCOCC1)[C@@H]1CCCN(c2ncccc2C(F)(F)F)C1. The number of hydrogen-bond acceptors (Lipinski definition) is 6. The fourth-order valence-electron chi connectivity index (χ4n) is 4.21. The van der Waals surface area contributed by atoms with Gasteiger partial charge in [0.05, 0.1) is 24.7 Å². The number of hydrogen-bond donors (Lipinski definition) is 1. The molecule has 1 atom stereocenters. The Kier molecular flexibility index (Phi) is 6.78. The number of halogens is 3. The largest absolute Gasteiger partial charge is 0.419 e. The highest BCUT2D eigenvalue weighted by Gasteiger charge is 2.37. The molecule has 2 saturated heterocycles. The van der Waals surface area contributed by atoms with Crippen molar-refractivity contribution < 1.29 is 22.7 Å². The van der Waals surface area contributed by atoms with Gasteiger partial charge in [0.2, 0.25) is 5.91 Å². The van der Waals surface area contributed by atoms with Crippen molar-refractivity contribution in [1.82, 2.24) is 15.3 Å². The molecule has 2 fully saturated rings. The lowest BCUT2D eigenvalue weighted by atomic mass is 9.96. The van der Waals surface area contributed by atoms with Crippen molar-refractivity contribution in [2.75, 3.05) is 49.2 Å². The molecule has 0 aliphatic carbocycles. The molecule has 0 radical (unpaired) electrons. The zero-order valence-corrected chi connectivity index (χ0v) is 17.6. The first kappa shape index (κ1) is 22.3. The first-order valence-corrected chi connectivity index (χ1v) is 10.7. The molecule has 2 aromatic rings. The number of nitrogens with one attached hydrogen (secondary N) is 1. The van der Waals surface area contributed by atoms with Crippen molar-refractivity contribution in [3.8, 4) is 0 Å². The van der Waals surface area contributed by atoms with Crippen molar-refractivity contribution in [1.29, 1.82) is 0 Å². The summed E-state index contributed by atoms with van der Waals surface area (Å²) in [5.41, 5.74) is 0.131. The first-order chi connectivity index (χ1) is 15.4. The third kappa shape index (κ3) is 5.12. The number of amides is 1. The van der Waals surface area contributed by atoms with Gasteiger partial charge in [0, 0.05) is 50.7 Å².